The van der Waals surface area contributed by atoms with Crippen molar-refractivity contribution in [2.24, 2.45) is 5.73 Å². The van der Waals surface area contributed by atoms with Crippen LogP contribution >= 0.6 is 0 Å². The van der Waals surface area contributed by atoms with Crippen molar-refractivity contribution in [2.45, 2.75) is 33.4 Å². The molecule has 170 valence electrons. The van der Waals surface area contributed by atoms with Gasteiger partial charge >= 0.3 is 11.7 Å². The molecule has 3 aromatic rings. The second-order valence-corrected chi connectivity index (χ2v) is 7.53. The van der Waals surface area contributed by atoms with Crippen LogP contribution in [0.4, 0.5) is 4.79 Å². The lowest BCUT2D eigenvalue weighted by atomic mass is 10.0. The first kappa shape index (κ1) is 22.9. The van der Waals surface area contributed by atoms with E-state index in [0.29, 0.717) is 41.2 Å². The summed E-state index contributed by atoms with van der Waals surface area (Å²) in [4.78, 5) is 38.2. The van der Waals surface area contributed by atoms with Gasteiger partial charge in [-0.05, 0) is 48.7 Å². The van der Waals surface area contributed by atoms with Crippen molar-refractivity contribution in [2.75, 3.05) is 21.3 Å². The normalized spacial score (nSPS) is 10.9. The largest absolute Gasteiger partial charge is 0.497 e. The standard InChI is InChI=1S/C23H28N4O5/c1-6-26-21-18(12-20(28)25(3)22(24)29)14(2)7-8-19(21)27(23(26)30)13-15-9-16(31-4)11-17(10-15)32-5/h7-11H,6,12-13H2,1-5H3,(H2,24,29). The molecule has 0 spiro atoms. The third-order valence-electron chi connectivity index (χ3n) is 5.62. The molecule has 0 atom stereocenters. The Kier molecular flexibility index (Phi) is 6.57. The summed E-state index contributed by atoms with van der Waals surface area (Å²) in [5.74, 6) is 0.819. The molecule has 1 aromatic heterocycles. The Morgan fingerprint density at radius 1 is 1.06 bits per heavy atom. The number of aryl methyl sites for hydroxylation is 2. The van der Waals surface area contributed by atoms with Gasteiger partial charge in [-0.1, -0.05) is 6.07 Å². The number of aromatic nitrogens is 2. The van der Waals surface area contributed by atoms with Crippen molar-refractivity contribution in [1.29, 1.82) is 0 Å². The lowest BCUT2D eigenvalue weighted by Gasteiger charge is -2.15. The first-order chi connectivity index (χ1) is 15.2. The maximum Gasteiger partial charge on any atom is 0.329 e. The van der Waals surface area contributed by atoms with E-state index in [0.717, 1.165) is 16.0 Å². The monoisotopic (exact) mass is 440 g/mol. The number of carbonyl (C=O) groups is 2. The SMILES string of the molecule is CCn1c(=O)n(Cc2cc(OC)cc(OC)c2)c2ccc(C)c(CC(=O)N(C)C(N)=O)c21. The molecule has 32 heavy (non-hydrogen) atoms. The molecule has 0 saturated heterocycles. The van der Waals surface area contributed by atoms with Crippen LogP contribution in [0.5, 0.6) is 11.5 Å². The van der Waals surface area contributed by atoms with E-state index in [9.17, 15) is 14.4 Å². The van der Waals surface area contributed by atoms with Crippen molar-refractivity contribution in [3.05, 3.63) is 57.5 Å². The van der Waals surface area contributed by atoms with Gasteiger partial charge in [0.25, 0.3) is 0 Å². The zero-order valence-electron chi connectivity index (χ0n) is 19.0. The smallest absolute Gasteiger partial charge is 0.329 e. The van der Waals surface area contributed by atoms with E-state index in [4.69, 9.17) is 15.2 Å². The Morgan fingerprint density at radius 2 is 1.69 bits per heavy atom. The number of imide groups is 1. The first-order valence-electron chi connectivity index (χ1n) is 10.2. The molecule has 3 rings (SSSR count). The summed E-state index contributed by atoms with van der Waals surface area (Å²) in [6.07, 6.45) is -0.0426. The molecular weight excluding hydrogens is 412 g/mol. The molecule has 0 aliphatic heterocycles. The number of nitrogens with two attached hydrogens (primary N) is 1. The highest BCUT2D eigenvalue weighted by molar-refractivity contribution is 5.96. The molecule has 9 nitrogen and oxygen atoms in total. The van der Waals surface area contributed by atoms with Crippen LogP contribution in [0, 0.1) is 6.92 Å². The summed E-state index contributed by atoms with van der Waals surface area (Å²) in [7, 11) is 4.49. The van der Waals surface area contributed by atoms with Gasteiger partial charge in [-0.15, -0.1) is 0 Å². The summed E-state index contributed by atoms with van der Waals surface area (Å²) in [5, 5.41) is 0. The lowest BCUT2D eigenvalue weighted by molar-refractivity contribution is -0.126. The van der Waals surface area contributed by atoms with Gasteiger partial charge in [-0.3, -0.25) is 18.8 Å². The summed E-state index contributed by atoms with van der Waals surface area (Å²) in [5.41, 5.74) is 8.83. The number of hydrogen-bond acceptors (Lipinski definition) is 5. The summed E-state index contributed by atoms with van der Waals surface area (Å²) >= 11 is 0. The fourth-order valence-corrected chi connectivity index (χ4v) is 3.79. The number of amides is 3. The summed E-state index contributed by atoms with van der Waals surface area (Å²) in [6, 6.07) is 8.40. The van der Waals surface area contributed by atoms with Crippen LogP contribution in [0.15, 0.2) is 35.1 Å². The maximum absolute atomic E-state index is 13.3. The van der Waals surface area contributed by atoms with E-state index in [-0.39, 0.29) is 12.1 Å². The predicted octanol–water partition coefficient (Wildman–Crippen LogP) is 2.28. The van der Waals surface area contributed by atoms with Crippen molar-refractivity contribution in [3.8, 4) is 11.5 Å². The van der Waals surface area contributed by atoms with Crippen molar-refractivity contribution >= 4 is 23.0 Å². The topological polar surface area (TPSA) is 109 Å². The van der Waals surface area contributed by atoms with E-state index in [1.54, 1.807) is 29.4 Å². The third-order valence-corrected chi connectivity index (χ3v) is 5.62. The highest BCUT2D eigenvalue weighted by atomic mass is 16.5. The van der Waals surface area contributed by atoms with Crippen LogP contribution in [0.3, 0.4) is 0 Å². The van der Waals surface area contributed by atoms with Crippen LogP contribution in [-0.2, 0) is 24.3 Å². The number of rotatable bonds is 7. The maximum atomic E-state index is 13.3. The van der Waals surface area contributed by atoms with E-state index in [2.05, 4.69) is 0 Å². The molecule has 2 N–H and O–H groups in total. The predicted molar refractivity (Wildman–Crippen MR) is 121 cm³/mol. The average Bonchev–Trinajstić information content (AvgIpc) is 3.05. The highest BCUT2D eigenvalue weighted by Gasteiger charge is 2.22. The molecule has 9 heteroatoms. The van der Waals surface area contributed by atoms with E-state index in [1.807, 2.05) is 38.1 Å². The van der Waals surface area contributed by atoms with Gasteiger partial charge in [-0.2, -0.15) is 0 Å². The van der Waals surface area contributed by atoms with E-state index < -0.39 is 11.9 Å². The number of hydrogen-bond donors (Lipinski definition) is 1. The van der Waals surface area contributed by atoms with Gasteiger partial charge in [0, 0.05) is 19.7 Å². The quantitative estimate of drug-likeness (QED) is 0.606. The Hall–Kier alpha value is -3.75. The zero-order valence-corrected chi connectivity index (χ0v) is 19.0. The number of fused-ring (bicyclic) bond motifs is 1. The van der Waals surface area contributed by atoms with Crippen LogP contribution in [0.1, 0.15) is 23.6 Å². The molecule has 0 aliphatic carbocycles. The van der Waals surface area contributed by atoms with Gasteiger partial charge in [0.2, 0.25) is 5.91 Å². The number of primary amides is 1. The third kappa shape index (κ3) is 4.18. The second-order valence-electron chi connectivity index (χ2n) is 7.53. The number of benzene rings is 2. The van der Waals surface area contributed by atoms with Crippen LogP contribution in [0.2, 0.25) is 0 Å². The van der Waals surface area contributed by atoms with Gasteiger partial charge in [0.15, 0.2) is 0 Å². The second kappa shape index (κ2) is 9.17. The fourth-order valence-electron chi connectivity index (χ4n) is 3.79. The minimum atomic E-state index is -0.822. The highest BCUT2D eigenvalue weighted by Crippen LogP contribution is 2.26. The van der Waals surface area contributed by atoms with Crippen molar-refractivity contribution in [1.82, 2.24) is 14.0 Å². The molecule has 0 fully saturated rings. The molecule has 1 heterocycles. The number of likely N-dealkylation sites (N-methyl/N-ethyl adjacent to an activating group) is 1. The Balaban J connectivity index is 2.16. The summed E-state index contributed by atoms with van der Waals surface area (Å²) < 4.78 is 14.0. The van der Waals surface area contributed by atoms with Crippen LogP contribution in [-0.4, -0.2) is 47.2 Å². The molecule has 0 unspecified atom stereocenters. The molecule has 2 aromatic carbocycles. The Labute approximate surface area is 185 Å². The summed E-state index contributed by atoms with van der Waals surface area (Å²) in [6.45, 7) is 4.48. The molecule has 3 amide bonds. The zero-order chi connectivity index (χ0) is 23.6. The van der Waals surface area contributed by atoms with Gasteiger partial charge in [0.05, 0.1) is 38.2 Å². The van der Waals surface area contributed by atoms with Gasteiger partial charge in [-0.25, -0.2) is 9.59 Å². The molecule has 0 aliphatic rings. The number of ether oxygens (including phenoxy) is 2. The number of imidazole rings is 1. The number of urea groups is 1. The molecular formula is C23H28N4O5. The Bertz CT molecular complexity index is 1220. The number of methoxy groups -OCH3 is 2. The minimum Gasteiger partial charge on any atom is -0.497 e. The molecule has 0 radical (unpaired) electrons. The fraction of sp³-hybridized carbons (Fsp3) is 0.348. The average molecular weight is 441 g/mol. The van der Waals surface area contributed by atoms with Crippen molar-refractivity contribution in [3.63, 3.8) is 0 Å². The Morgan fingerprint density at radius 3 is 2.22 bits per heavy atom. The lowest BCUT2D eigenvalue weighted by Crippen LogP contribution is -2.38. The van der Waals surface area contributed by atoms with E-state index >= 15 is 0 Å². The van der Waals surface area contributed by atoms with Gasteiger partial charge < -0.3 is 15.2 Å². The molecule has 0 saturated carbocycles. The van der Waals surface area contributed by atoms with Crippen molar-refractivity contribution < 1.29 is 19.1 Å². The van der Waals surface area contributed by atoms with Crippen LogP contribution < -0.4 is 20.9 Å². The number of nitrogens with zero attached hydrogens (tertiary/aromatic N) is 3. The first-order valence-corrected chi connectivity index (χ1v) is 10.2. The van der Waals surface area contributed by atoms with Gasteiger partial charge in [0.1, 0.15) is 11.5 Å². The molecule has 0 bridgehead atoms. The minimum absolute atomic E-state index is 0.0426. The number of carbonyl (C=O) groups excluding carboxylic acids is 2. The van der Waals surface area contributed by atoms with E-state index in [1.165, 1.54) is 7.05 Å². The van der Waals surface area contributed by atoms with Crippen LogP contribution in [0.25, 0.3) is 11.0 Å².